The van der Waals surface area contributed by atoms with Gasteiger partial charge in [0.25, 0.3) is 5.91 Å². The van der Waals surface area contributed by atoms with Crippen molar-refractivity contribution < 1.29 is 9.90 Å². The van der Waals surface area contributed by atoms with E-state index in [0.717, 1.165) is 26.2 Å². The Morgan fingerprint density at radius 2 is 1.59 bits per heavy atom. The minimum atomic E-state index is -0.269. The number of rotatable bonds is 6. The zero-order valence-corrected chi connectivity index (χ0v) is 19.3. The largest absolute Gasteiger partial charge is 0.507 e. The summed E-state index contributed by atoms with van der Waals surface area (Å²) >= 11 is 6.15. The highest BCUT2D eigenvalue weighted by molar-refractivity contribution is 6.32. The predicted octanol–water partition coefficient (Wildman–Crippen LogP) is 4.43. The van der Waals surface area contributed by atoms with E-state index in [1.807, 2.05) is 18.2 Å². The average molecular weight is 477 g/mol. The number of aromatic hydroxyl groups is 1. The van der Waals surface area contributed by atoms with Crippen LogP contribution in [-0.4, -0.2) is 54.5 Å². The Hall–Kier alpha value is -3.75. The fourth-order valence-electron chi connectivity index (χ4n) is 3.59. The van der Waals surface area contributed by atoms with Gasteiger partial charge in [-0.1, -0.05) is 54.1 Å². The van der Waals surface area contributed by atoms with Crippen molar-refractivity contribution in [2.75, 3.05) is 37.6 Å². The highest BCUT2D eigenvalue weighted by atomic mass is 35.5. The van der Waals surface area contributed by atoms with Crippen LogP contribution in [0.25, 0.3) is 0 Å². The van der Waals surface area contributed by atoms with Gasteiger partial charge in [0.05, 0.1) is 17.1 Å². The molecule has 2 N–H and O–H groups in total. The summed E-state index contributed by atoms with van der Waals surface area (Å²) in [7, 11) is 0. The third-order valence-corrected chi connectivity index (χ3v) is 5.72. The molecular weight excluding hydrogens is 452 g/mol. The number of halogens is 1. The minimum absolute atomic E-state index is 0.0226. The van der Waals surface area contributed by atoms with Crippen molar-refractivity contribution in [3.8, 4) is 5.75 Å². The molecule has 4 rings (SSSR count). The molecule has 3 aromatic carbocycles. The van der Waals surface area contributed by atoms with Gasteiger partial charge in [-0.05, 0) is 36.4 Å². The molecule has 1 saturated heterocycles. The number of phenolic OH excluding ortho intramolecular Hbond substituents is 1. The number of hydrazone groups is 1. The van der Waals surface area contributed by atoms with E-state index in [1.54, 1.807) is 42.5 Å². The maximum atomic E-state index is 12.6. The van der Waals surface area contributed by atoms with Gasteiger partial charge in [-0.15, -0.1) is 10.2 Å². The molecule has 0 aliphatic carbocycles. The fourth-order valence-corrected chi connectivity index (χ4v) is 3.76. The maximum Gasteiger partial charge on any atom is 0.254 e. The number of benzene rings is 3. The summed E-state index contributed by atoms with van der Waals surface area (Å²) in [5.74, 6) is -0.222. The maximum absolute atomic E-state index is 12.6. The molecule has 0 atom stereocenters. The quantitative estimate of drug-likeness (QED) is 0.238. The number of nitrogens with one attached hydrogen (secondary N) is 1. The first-order valence-corrected chi connectivity index (χ1v) is 11.3. The summed E-state index contributed by atoms with van der Waals surface area (Å²) in [6.45, 7) is 3.43. The van der Waals surface area contributed by atoms with Crippen LogP contribution < -0.4 is 10.3 Å². The lowest BCUT2D eigenvalue weighted by Gasteiger charge is -2.35. The molecule has 0 unspecified atom stereocenters. The molecule has 34 heavy (non-hydrogen) atoms. The van der Waals surface area contributed by atoms with E-state index in [-0.39, 0.29) is 24.0 Å². The number of piperazine rings is 1. The summed E-state index contributed by atoms with van der Waals surface area (Å²) in [6.07, 6.45) is 0. The predicted molar refractivity (Wildman–Crippen MR) is 134 cm³/mol. The van der Waals surface area contributed by atoms with Crippen molar-refractivity contribution in [3.63, 3.8) is 0 Å². The highest BCUT2D eigenvalue weighted by Crippen LogP contribution is 2.25. The van der Waals surface area contributed by atoms with Gasteiger partial charge in [-0.3, -0.25) is 9.69 Å². The average Bonchev–Trinajstić information content (AvgIpc) is 2.87. The number of phenols is 1. The number of amidine groups is 1. The minimum Gasteiger partial charge on any atom is -0.507 e. The molecule has 1 aliphatic heterocycles. The second-order valence-electron chi connectivity index (χ2n) is 7.74. The third kappa shape index (κ3) is 6.18. The molecule has 0 aromatic heterocycles. The van der Waals surface area contributed by atoms with Gasteiger partial charge in [0.1, 0.15) is 11.4 Å². The fraction of sp³-hybridized carbons (Fsp3) is 0.200. The van der Waals surface area contributed by atoms with Crippen LogP contribution in [0.15, 0.2) is 94.2 Å². The van der Waals surface area contributed by atoms with E-state index < -0.39 is 0 Å². The molecule has 0 bridgehead atoms. The Labute approximate surface area is 203 Å². The van der Waals surface area contributed by atoms with Gasteiger partial charge >= 0.3 is 0 Å². The lowest BCUT2D eigenvalue weighted by molar-refractivity contribution is -0.122. The number of nitrogens with zero attached hydrogens (tertiary/aromatic N) is 5. The first-order valence-electron chi connectivity index (χ1n) is 10.9. The summed E-state index contributed by atoms with van der Waals surface area (Å²) in [4.78, 5) is 17.0. The highest BCUT2D eigenvalue weighted by Gasteiger charge is 2.19. The smallest absolute Gasteiger partial charge is 0.254 e. The summed E-state index contributed by atoms with van der Waals surface area (Å²) < 4.78 is 0. The van der Waals surface area contributed by atoms with Crippen LogP contribution >= 0.6 is 11.6 Å². The number of azo groups is 1. The standard InChI is InChI=1S/C25H25ClN6O2/c26-21-11-5-6-12-22(21)27-29-25(20-10-4-7-13-23(20)33)30-28-24(34)18-31-14-16-32(17-15-31)19-8-2-1-3-9-19/h1-13,33H,14-18H2,(H,28,34)/b29-27?,30-25-. The van der Waals surface area contributed by atoms with Gasteiger partial charge in [0.2, 0.25) is 5.84 Å². The van der Waals surface area contributed by atoms with E-state index in [2.05, 4.69) is 42.7 Å². The Bertz CT molecular complexity index is 1180. The Morgan fingerprint density at radius 3 is 2.32 bits per heavy atom. The topological polar surface area (TPSA) is 92.9 Å². The number of hydrogen-bond donors (Lipinski definition) is 2. The summed E-state index contributed by atoms with van der Waals surface area (Å²) in [5, 5.41) is 23.1. The molecular formula is C25H25ClN6O2. The molecule has 0 spiro atoms. The second-order valence-corrected chi connectivity index (χ2v) is 8.14. The molecule has 1 amide bonds. The lowest BCUT2D eigenvalue weighted by Crippen LogP contribution is -2.49. The van der Waals surface area contributed by atoms with Gasteiger partial charge in [-0.25, -0.2) is 5.43 Å². The zero-order chi connectivity index (χ0) is 23.8. The van der Waals surface area contributed by atoms with Crippen molar-refractivity contribution in [2.45, 2.75) is 0 Å². The van der Waals surface area contributed by atoms with Crippen LogP contribution in [0.5, 0.6) is 5.75 Å². The normalized spacial score (nSPS) is 15.0. The van der Waals surface area contributed by atoms with Crippen molar-refractivity contribution in [3.05, 3.63) is 89.4 Å². The number of amides is 1. The molecule has 1 heterocycles. The van der Waals surface area contributed by atoms with Crippen molar-refractivity contribution in [2.24, 2.45) is 15.3 Å². The summed E-state index contributed by atoms with van der Waals surface area (Å²) in [6, 6.07) is 23.8. The molecule has 9 heteroatoms. The number of hydrogen-bond acceptors (Lipinski definition) is 6. The first-order chi connectivity index (χ1) is 16.6. The monoisotopic (exact) mass is 476 g/mol. The summed E-state index contributed by atoms with van der Waals surface area (Å²) in [5.41, 5.74) is 4.53. The van der Waals surface area contributed by atoms with E-state index in [0.29, 0.717) is 16.3 Å². The Morgan fingerprint density at radius 1 is 0.912 bits per heavy atom. The van der Waals surface area contributed by atoms with E-state index in [1.165, 1.54) is 11.8 Å². The zero-order valence-electron chi connectivity index (χ0n) is 18.5. The van der Waals surface area contributed by atoms with Gasteiger partial charge < -0.3 is 10.0 Å². The number of carbonyl (C=O) groups excluding carboxylic acids is 1. The van der Waals surface area contributed by atoms with Gasteiger partial charge in [-0.2, -0.15) is 5.10 Å². The van der Waals surface area contributed by atoms with Crippen LogP contribution in [0.4, 0.5) is 11.4 Å². The number of para-hydroxylation sites is 2. The number of anilines is 1. The van der Waals surface area contributed by atoms with Gasteiger partial charge in [0, 0.05) is 31.9 Å². The van der Waals surface area contributed by atoms with Crippen LogP contribution in [0.3, 0.4) is 0 Å². The number of carbonyl (C=O) groups is 1. The van der Waals surface area contributed by atoms with Gasteiger partial charge in [0.15, 0.2) is 0 Å². The lowest BCUT2D eigenvalue weighted by atomic mass is 10.2. The third-order valence-electron chi connectivity index (χ3n) is 5.40. The molecule has 174 valence electrons. The van der Waals surface area contributed by atoms with E-state index in [4.69, 9.17) is 11.6 Å². The van der Waals surface area contributed by atoms with Crippen molar-refractivity contribution in [1.82, 2.24) is 10.3 Å². The van der Waals surface area contributed by atoms with E-state index in [9.17, 15) is 9.90 Å². The SMILES string of the molecule is O=C(CN1CCN(c2ccccc2)CC1)N/N=C(\N=Nc1ccccc1Cl)c1ccccc1O. The molecule has 0 radical (unpaired) electrons. The molecule has 0 saturated carbocycles. The molecule has 8 nitrogen and oxygen atoms in total. The van der Waals surface area contributed by atoms with Crippen LogP contribution in [0.1, 0.15) is 5.56 Å². The van der Waals surface area contributed by atoms with Crippen molar-refractivity contribution >= 4 is 34.7 Å². The van der Waals surface area contributed by atoms with Crippen LogP contribution in [-0.2, 0) is 4.79 Å². The molecule has 1 aliphatic rings. The Balaban J connectivity index is 1.40. The van der Waals surface area contributed by atoms with E-state index >= 15 is 0 Å². The second kappa shape index (κ2) is 11.4. The van der Waals surface area contributed by atoms with Crippen molar-refractivity contribution in [1.29, 1.82) is 0 Å². The first kappa shape index (κ1) is 23.4. The molecule has 1 fully saturated rings. The van der Waals surface area contributed by atoms with Crippen LogP contribution in [0.2, 0.25) is 5.02 Å². The Kier molecular flexibility index (Phi) is 7.85. The van der Waals surface area contributed by atoms with Crippen LogP contribution in [0, 0.1) is 0 Å². The molecule has 3 aromatic rings.